The summed E-state index contributed by atoms with van der Waals surface area (Å²) in [6.07, 6.45) is 1.96. The van der Waals surface area contributed by atoms with Gasteiger partial charge in [0, 0.05) is 44.8 Å². The number of nitrogens with one attached hydrogen (secondary N) is 1. The Bertz CT molecular complexity index is 824. The van der Waals surface area contributed by atoms with Crippen LogP contribution in [0, 0.1) is 0 Å². The van der Waals surface area contributed by atoms with Crippen LogP contribution in [0.15, 0.2) is 12.1 Å². The molecule has 10 heteroatoms. The number of hydrogen-bond donors (Lipinski definition) is 1. The molecule has 3 heterocycles. The summed E-state index contributed by atoms with van der Waals surface area (Å²) in [7, 11) is 0. The Morgan fingerprint density at radius 1 is 1.07 bits per heavy atom. The molecule has 3 fully saturated rings. The molecule has 30 heavy (non-hydrogen) atoms. The number of likely N-dealkylation sites (tertiary alicyclic amines) is 3. The summed E-state index contributed by atoms with van der Waals surface area (Å²) in [6, 6.07) is 3.96. The molecular formula is C20H24Cl2F2N4O2. The first kappa shape index (κ1) is 21.6. The average Bonchev–Trinajstić information content (AvgIpc) is 2.61. The van der Waals surface area contributed by atoms with Crippen LogP contribution >= 0.6 is 23.2 Å². The van der Waals surface area contributed by atoms with Crippen molar-refractivity contribution in [3.8, 4) is 0 Å². The van der Waals surface area contributed by atoms with Crippen LogP contribution in [0.2, 0.25) is 10.0 Å². The van der Waals surface area contributed by atoms with Gasteiger partial charge in [0.2, 0.25) is 5.91 Å². The molecule has 3 aliphatic rings. The zero-order valence-electron chi connectivity index (χ0n) is 16.6. The fourth-order valence-electron chi connectivity index (χ4n) is 4.36. The topological polar surface area (TPSA) is 55.9 Å². The molecule has 0 aliphatic carbocycles. The highest BCUT2D eigenvalue weighted by Gasteiger charge is 2.47. The van der Waals surface area contributed by atoms with Gasteiger partial charge in [-0.3, -0.25) is 14.5 Å². The number of rotatable bonds is 4. The standard InChI is InChI=1S/C20H24Cl2F2N4O2/c1-12(29)26-4-2-15(3-5-26)27-8-14(9-27)25-13-6-16(21)18(17(22)7-13)19(30)28-10-20(23,24)11-28/h6-7,14-15,25H,2-5,8-11H2,1H3. The average molecular weight is 461 g/mol. The van der Waals surface area contributed by atoms with Gasteiger partial charge in [-0.15, -0.1) is 0 Å². The lowest BCUT2D eigenvalue weighted by Crippen LogP contribution is -2.60. The molecule has 0 spiro atoms. The van der Waals surface area contributed by atoms with Crippen molar-refractivity contribution in [2.24, 2.45) is 0 Å². The van der Waals surface area contributed by atoms with Gasteiger partial charge in [-0.05, 0) is 25.0 Å². The Balaban J connectivity index is 1.30. The summed E-state index contributed by atoms with van der Waals surface area (Å²) in [6.45, 7) is 3.75. The van der Waals surface area contributed by atoms with Gasteiger partial charge in [0.05, 0.1) is 34.7 Å². The van der Waals surface area contributed by atoms with Crippen LogP contribution in [-0.4, -0.2) is 83.8 Å². The van der Waals surface area contributed by atoms with E-state index in [0.29, 0.717) is 11.7 Å². The second-order valence-corrected chi connectivity index (χ2v) is 9.18. The maximum absolute atomic E-state index is 13.0. The van der Waals surface area contributed by atoms with Gasteiger partial charge in [-0.2, -0.15) is 0 Å². The zero-order valence-corrected chi connectivity index (χ0v) is 18.1. The highest BCUT2D eigenvalue weighted by atomic mass is 35.5. The predicted molar refractivity (Wildman–Crippen MR) is 112 cm³/mol. The molecule has 1 aromatic rings. The van der Waals surface area contributed by atoms with Crippen LogP contribution < -0.4 is 5.32 Å². The largest absolute Gasteiger partial charge is 0.380 e. The minimum absolute atomic E-state index is 0.0619. The van der Waals surface area contributed by atoms with E-state index in [9.17, 15) is 18.4 Å². The van der Waals surface area contributed by atoms with E-state index in [0.717, 1.165) is 43.9 Å². The quantitative estimate of drug-likeness (QED) is 0.749. The molecule has 4 rings (SSSR count). The first-order chi connectivity index (χ1) is 14.1. The zero-order chi connectivity index (χ0) is 21.6. The van der Waals surface area contributed by atoms with Crippen LogP contribution in [0.3, 0.4) is 0 Å². The van der Waals surface area contributed by atoms with E-state index < -0.39 is 24.9 Å². The van der Waals surface area contributed by atoms with Crippen molar-refractivity contribution in [2.45, 2.75) is 37.8 Å². The lowest BCUT2D eigenvalue weighted by molar-refractivity contribution is -0.130. The maximum atomic E-state index is 13.0. The van der Waals surface area contributed by atoms with Crippen LogP contribution in [-0.2, 0) is 4.79 Å². The summed E-state index contributed by atoms with van der Waals surface area (Å²) < 4.78 is 26.1. The molecule has 1 N–H and O–H groups in total. The number of hydrogen-bond acceptors (Lipinski definition) is 4. The SMILES string of the molecule is CC(=O)N1CCC(N2CC(Nc3cc(Cl)c(C(=O)N4CC(F)(F)C4)c(Cl)c3)C2)CC1. The number of carbonyl (C=O) groups excluding carboxylic acids is 2. The summed E-state index contributed by atoms with van der Waals surface area (Å²) in [5, 5.41) is 3.67. The molecule has 0 saturated carbocycles. The van der Waals surface area contributed by atoms with Crippen LogP contribution in [0.1, 0.15) is 30.1 Å². The number of carbonyl (C=O) groups is 2. The van der Waals surface area contributed by atoms with Crippen molar-refractivity contribution in [1.82, 2.24) is 14.7 Å². The van der Waals surface area contributed by atoms with Crippen LogP contribution in [0.25, 0.3) is 0 Å². The number of halogens is 4. The van der Waals surface area contributed by atoms with Crippen molar-refractivity contribution in [1.29, 1.82) is 0 Å². The smallest absolute Gasteiger partial charge is 0.282 e. The summed E-state index contributed by atoms with van der Waals surface area (Å²) in [4.78, 5) is 29.2. The molecule has 3 aliphatic heterocycles. The van der Waals surface area contributed by atoms with Crippen molar-refractivity contribution in [2.75, 3.05) is 44.6 Å². The third-order valence-electron chi connectivity index (χ3n) is 6.09. The molecule has 0 unspecified atom stereocenters. The van der Waals surface area contributed by atoms with Gasteiger partial charge in [0.15, 0.2) is 0 Å². The Morgan fingerprint density at radius 2 is 1.63 bits per heavy atom. The first-order valence-electron chi connectivity index (χ1n) is 10.1. The minimum Gasteiger partial charge on any atom is -0.380 e. The van der Waals surface area contributed by atoms with Crippen LogP contribution in [0.4, 0.5) is 14.5 Å². The predicted octanol–water partition coefficient (Wildman–Crippen LogP) is 3.19. The normalized spacial score (nSPS) is 22.4. The molecular weight excluding hydrogens is 437 g/mol. The fourth-order valence-corrected chi connectivity index (χ4v) is 5.01. The highest BCUT2D eigenvalue weighted by Crippen LogP contribution is 2.35. The molecule has 3 saturated heterocycles. The Morgan fingerprint density at radius 3 is 2.13 bits per heavy atom. The number of anilines is 1. The Hall–Kier alpha value is -1.64. The van der Waals surface area contributed by atoms with Gasteiger partial charge in [-0.1, -0.05) is 23.2 Å². The van der Waals surface area contributed by atoms with Crippen LogP contribution in [0.5, 0.6) is 0 Å². The first-order valence-corrected chi connectivity index (χ1v) is 10.8. The van der Waals surface area contributed by atoms with E-state index in [4.69, 9.17) is 23.2 Å². The van der Waals surface area contributed by atoms with Gasteiger partial charge in [-0.25, -0.2) is 8.78 Å². The minimum atomic E-state index is -2.84. The Kier molecular flexibility index (Phi) is 5.85. The van der Waals surface area contributed by atoms with E-state index in [2.05, 4.69) is 10.2 Å². The monoisotopic (exact) mass is 460 g/mol. The summed E-state index contributed by atoms with van der Waals surface area (Å²) in [5.74, 6) is -3.28. The third-order valence-corrected chi connectivity index (χ3v) is 6.69. The van der Waals surface area contributed by atoms with Crippen molar-refractivity contribution >= 4 is 40.7 Å². The molecule has 2 amide bonds. The second kappa shape index (κ2) is 8.13. The summed E-state index contributed by atoms with van der Waals surface area (Å²) in [5.41, 5.74) is 0.762. The highest BCUT2D eigenvalue weighted by molar-refractivity contribution is 6.40. The van der Waals surface area contributed by atoms with E-state index in [1.165, 1.54) is 0 Å². The van der Waals surface area contributed by atoms with Crippen molar-refractivity contribution < 1.29 is 18.4 Å². The van der Waals surface area contributed by atoms with E-state index in [-0.39, 0.29) is 27.6 Å². The number of piperidine rings is 1. The van der Waals surface area contributed by atoms with Gasteiger partial charge in [0.25, 0.3) is 11.8 Å². The number of nitrogens with zero attached hydrogens (tertiary/aromatic N) is 3. The third kappa shape index (κ3) is 4.36. The lowest BCUT2D eigenvalue weighted by atomic mass is 9.97. The molecule has 0 atom stereocenters. The number of benzene rings is 1. The number of amides is 2. The van der Waals surface area contributed by atoms with E-state index in [1.54, 1.807) is 19.1 Å². The second-order valence-electron chi connectivity index (χ2n) is 8.36. The van der Waals surface area contributed by atoms with Gasteiger partial charge in [0.1, 0.15) is 0 Å². The van der Waals surface area contributed by atoms with E-state index >= 15 is 0 Å². The molecule has 164 valence electrons. The summed E-state index contributed by atoms with van der Waals surface area (Å²) >= 11 is 12.5. The fraction of sp³-hybridized carbons (Fsp3) is 0.600. The molecule has 0 aromatic heterocycles. The number of alkyl halides is 2. The molecule has 1 aromatic carbocycles. The Labute approximate surface area is 184 Å². The maximum Gasteiger partial charge on any atom is 0.282 e. The van der Waals surface area contributed by atoms with Crippen molar-refractivity contribution in [3.05, 3.63) is 27.7 Å². The van der Waals surface area contributed by atoms with Gasteiger partial charge < -0.3 is 15.1 Å². The molecule has 0 radical (unpaired) electrons. The molecule has 0 bridgehead atoms. The van der Waals surface area contributed by atoms with Crippen molar-refractivity contribution in [3.63, 3.8) is 0 Å². The van der Waals surface area contributed by atoms with Gasteiger partial charge >= 0.3 is 0 Å². The molecule has 6 nitrogen and oxygen atoms in total. The lowest BCUT2D eigenvalue weighted by Gasteiger charge is -2.47. The van der Waals surface area contributed by atoms with E-state index in [1.807, 2.05) is 4.90 Å².